The zero-order valence-corrected chi connectivity index (χ0v) is 13.6. The second kappa shape index (κ2) is 6.86. The third-order valence-corrected chi connectivity index (χ3v) is 9.88. The quantitative estimate of drug-likeness (QED) is 0.659. The third-order valence-electron chi connectivity index (χ3n) is 4.49. The summed E-state index contributed by atoms with van der Waals surface area (Å²) in [7, 11) is -1.50. The van der Waals surface area contributed by atoms with E-state index in [1.54, 1.807) is 5.30 Å². The van der Waals surface area contributed by atoms with Crippen LogP contribution >= 0.6 is 7.26 Å². The van der Waals surface area contributed by atoms with Crippen molar-refractivity contribution in [2.24, 2.45) is 0 Å². The number of hydrogen-bond acceptors (Lipinski definition) is 0. The first kappa shape index (κ1) is 15.0. The Labute approximate surface area is 123 Å². The predicted molar refractivity (Wildman–Crippen MR) is 95.7 cm³/mol. The Morgan fingerprint density at radius 3 is 2.10 bits per heavy atom. The summed E-state index contributed by atoms with van der Waals surface area (Å²) in [6.45, 7) is 8.72. The molecule has 20 heavy (non-hydrogen) atoms. The molecule has 0 bridgehead atoms. The Morgan fingerprint density at radius 1 is 0.900 bits per heavy atom. The van der Waals surface area contributed by atoms with Gasteiger partial charge in [-0.25, -0.2) is 0 Å². The van der Waals surface area contributed by atoms with E-state index in [2.05, 4.69) is 75.0 Å². The molecule has 0 N–H and O–H groups in total. The molecule has 0 nitrogen and oxygen atoms in total. The van der Waals surface area contributed by atoms with E-state index in [9.17, 15) is 0 Å². The van der Waals surface area contributed by atoms with E-state index >= 15 is 0 Å². The van der Waals surface area contributed by atoms with Crippen LogP contribution in [0.15, 0.2) is 61.2 Å². The minimum atomic E-state index is -1.50. The van der Waals surface area contributed by atoms with Crippen molar-refractivity contribution in [3.63, 3.8) is 0 Å². The van der Waals surface area contributed by atoms with Gasteiger partial charge in [-0.3, -0.25) is 0 Å². The van der Waals surface area contributed by atoms with E-state index in [0.29, 0.717) is 0 Å². The monoisotopic (exact) mass is 284 g/mol. The molecule has 0 fully saturated rings. The summed E-state index contributed by atoms with van der Waals surface area (Å²) in [5, 5.41) is 1.57. The van der Waals surface area contributed by atoms with E-state index < -0.39 is 7.26 Å². The van der Waals surface area contributed by atoms with E-state index in [-0.39, 0.29) is 0 Å². The second-order valence-electron chi connectivity index (χ2n) is 5.44. The van der Waals surface area contributed by atoms with Gasteiger partial charge in [0.25, 0.3) is 0 Å². The molecular formula is C19H25P. The molecule has 0 aliphatic carbocycles. The predicted octanol–water partition coefficient (Wildman–Crippen LogP) is 4.94. The topological polar surface area (TPSA) is 0 Å². The van der Waals surface area contributed by atoms with Gasteiger partial charge in [-0.2, -0.15) is 0 Å². The van der Waals surface area contributed by atoms with Gasteiger partial charge in [0.1, 0.15) is 0 Å². The molecule has 0 spiro atoms. The maximum absolute atomic E-state index is 4.00. The van der Waals surface area contributed by atoms with E-state index in [4.69, 9.17) is 0 Å². The van der Waals surface area contributed by atoms with Gasteiger partial charge in [-0.15, -0.1) is 0 Å². The van der Waals surface area contributed by atoms with Crippen LogP contribution in [0.25, 0.3) is 6.08 Å². The SMILES string of the molecule is C=Cc1ccccc1[PH](CC)(CC)Cc1ccccc1. The third kappa shape index (κ3) is 3.02. The van der Waals surface area contributed by atoms with Crippen LogP contribution in [0.1, 0.15) is 25.0 Å². The molecule has 0 amide bonds. The van der Waals surface area contributed by atoms with Crippen molar-refractivity contribution in [3.05, 3.63) is 72.3 Å². The van der Waals surface area contributed by atoms with Crippen LogP contribution in [0.4, 0.5) is 0 Å². The molecule has 0 heterocycles. The maximum atomic E-state index is 4.00. The van der Waals surface area contributed by atoms with Gasteiger partial charge in [-0.05, 0) is 0 Å². The number of rotatable bonds is 6. The molecule has 2 aromatic carbocycles. The number of benzene rings is 2. The van der Waals surface area contributed by atoms with Crippen molar-refractivity contribution in [1.29, 1.82) is 0 Å². The van der Waals surface area contributed by atoms with Crippen molar-refractivity contribution in [1.82, 2.24) is 0 Å². The van der Waals surface area contributed by atoms with E-state index in [0.717, 1.165) is 0 Å². The summed E-state index contributed by atoms with van der Waals surface area (Å²) in [4.78, 5) is 0. The van der Waals surface area contributed by atoms with Gasteiger partial charge >= 0.3 is 123 Å². The summed E-state index contributed by atoms with van der Waals surface area (Å²) >= 11 is 0. The Bertz CT molecular complexity index is 553. The van der Waals surface area contributed by atoms with Crippen LogP contribution < -0.4 is 5.30 Å². The summed E-state index contributed by atoms with van der Waals surface area (Å²) in [5.41, 5.74) is 2.81. The first-order chi connectivity index (χ1) is 9.75. The van der Waals surface area contributed by atoms with Crippen molar-refractivity contribution >= 4 is 18.6 Å². The van der Waals surface area contributed by atoms with Gasteiger partial charge in [0.15, 0.2) is 0 Å². The molecule has 0 aromatic heterocycles. The standard InChI is InChI=1S/C19H25P/c1-4-18-14-10-11-15-19(18)20(5-2,6-3)16-17-12-8-7-9-13-17/h4,7-15,20H,1,5-6,16H2,2-3H3. The van der Waals surface area contributed by atoms with Gasteiger partial charge in [0, 0.05) is 0 Å². The molecule has 0 aliphatic heterocycles. The van der Waals surface area contributed by atoms with Crippen molar-refractivity contribution in [2.45, 2.75) is 20.0 Å². The van der Waals surface area contributed by atoms with Crippen molar-refractivity contribution in [3.8, 4) is 0 Å². The van der Waals surface area contributed by atoms with Crippen LogP contribution in [-0.2, 0) is 6.16 Å². The van der Waals surface area contributed by atoms with E-state index in [1.165, 1.54) is 29.6 Å². The summed E-state index contributed by atoms with van der Waals surface area (Å²) in [6, 6.07) is 19.8. The van der Waals surface area contributed by atoms with Gasteiger partial charge < -0.3 is 0 Å². The van der Waals surface area contributed by atoms with Crippen molar-refractivity contribution < 1.29 is 0 Å². The van der Waals surface area contributed by atoms with Crippen molar-refractivity contribution in [2.75, 3.05) is 12.3 Å². The zero-order valence-electron chi connectivity index (χ0n) is 12.6. The molecule has 0 unspecified atom stereocenters. The van der Waals surface area contributed by atoms with Gasteiger partial charge in [0.2, 0.25) is 0 Å². The molecule has 2 rings (SSSR count). The van der Waals surface area contributed by atoms with Crippen LogP contribution in [0, 0.1) is 0 Å². The number of hydrogen-bond donors (Lipinski definition) is 0. The Morgan fingerprint density at radius 2 is 1.50 bits per heavy atom. The minimum absolute atomic E-state index is 1.23. The first-order valence-electron chi connectivity index (χ1n) is 7.51. The molecule has 1 heteroatoms. The fourth-order valence-electron chi connectivity index (χ4n) is 3.12. The molecule has 0 saturated heterocycles. The first-order valence-corrected chi connectivity index (χ1v) is 10.1. The van der Waals surface area contributed by atoms with E-state index in [1.807, 2.05) is 6.08 Å². The summed E-state index contributed by atoms with van der Waals surface area (Å²) in [5.74, 6) is 0. The fourth-order valence-corrected chi connectivity index (χ4v) is 7.34. The Balaban J connectivity index is 2.46. The fraction of sp³-hybridized carbons (Fsp3) is 0.263. The molecule has 0 radical (unpaired) electrons. The van der Waals surface area contributed by atoms with Gasteiger partial charge in [0.05, 0.1) is 0 Å². The van der Waals surface area contributed by atoms with Crippen LogP contribution in [0.5, 0.6) is 0 Å². The summed E-state index contributed by atoms with van der Waals surface area (Å²) < 4.78 is 0. The molecule has 2 aromatic rings. The Hall–Kier alpha value is -1.39. The molecule has 0 aliphatic rings. The molecule has 0 saturated carbocycles. The average molecular weight is 284 g/mol. The zero-order chi connectivity index (χ0) is 14.4. The van der Waals surface area contributed by atoms with Crippen LogP contribution in [0.2, 0.25) is 0 Å². The van der Waals surface area contributed by atoms with Crippen LogP contribution in [-0.4, -0.2) is 12.3 Å². The molecular weight excluding hydrogens is 259 g/mol. The normalized spacial score (nSPS) is 12.1. The molecule has 106 valence electrons. The second-order valence-corrected chi connectivity index (χ2v) is 10.3. The van der Waals surface area contributed by atoms with Crippen LogP contribution in [0.3, 0.4) is 0 Å². The molecule has 0 atom stereocenters. The van der Waals surface area contributed by atoms with Gasteiger partial charge in [-0.1, -0.05) is 0 Å². The Kier molecular flexibility index (Phi) is 5.15. The average Bonchev–Trinajstić information content (AvgIpc) is 2.54. The summed E-state index contributed by atoms with van der Waals surface area (Å²) in [6.07, 6.45) is 5.81.